The first-order chi connectivity index (χ1) is 6.81. The summed E-state index contributed by atoms with van der Waals surface area (Å²) in [6.07, 6.45) is 0. The van der Waals surface area contributed by atoms with Gasteiger partial charge in [-0.15, -0.1) is 11.6 Å². The molecule has 0 aromatic heterocycles. The molecule has 0 aliphatic carbocycles. The Morgan fingerprint density at radius 3 is 2.79 bits per heavy atom. The largest absolute Gasteiger partial charge is 0.454 e. The molecule has 3 nitrogen and oxygen atoms in total. The zero-order valence-corrected chi connectivity index (χ0v) is 8.73. The van der Waals surface area contributed by atoms with Crippen LogP contribution >= 0.6 is 11.6 Å². The molecule has 1 aromatic carbocycles. The molecule has 2 rings (SSSR count). The van der Waals surface area contributed by atoms with Gasteiger partial charge in [0.1, 0.15) is 0 Å². The van der Waals surface area contributed by atoms with Gasteiger partial charge >= 0.3 is 0 Å². The number of ether oxygens (including phenoxy) is 2. The molecule has 14 heavy (non-hydrogen) atoms. The molecule has 0 fully saturated rings. The van der Waals surface area contributed by atoms with Crippen LogP contribution in [0.4, 0.5) is 5.69 Å². The van der Waals surface area contributed by atoms with E-state index in [0.717, 1.165) is 29.3 Å². The molecule has 1 aliphatic heterocycles. The Morgan fingerprint density at radius 1 is 1.36 bits per heavy atom. The van der Waals surface area contributed by atoms with Gasteiger partial charge in [-0.3, -0.25) is 0 Å². The Labute approximate surface area is 88.0 Å². The number of halogens is 1. The Hall–Kier alpha value is -1.09. The highest BCUT2D eigenvalue weighted by atomic mass is 35.5. The number of hydrogen-bond acceptors (Lipinski definition) is 3. The number of nitrogens with one attached hydrogen (secondary N) is 1. The number of anilines is 1. The Bertz CT molecular complexity index is 341. The summed E-state index contributed by atoms with van der Waals surface area (Å²) in [5.41, 5.74) is 2.19. The third-order valence-corrected chi connectivity index (χ3v) is 2.32. The first kappa shape index (κ1) is 9.46. The smallest absolute Gasteiger partial charge is 0.231 e. The molecular weight excluding hydrogens is 202 g/mol. The van der Waals surface area contributed by atoms with Crippen LogP contribution in [0.25, 0.3) is 0 Å². The fourth-order valence-corrected chi connectivity index (χ4v) is 1.51. The normalized spacial score (nSPS) is 13.0. The molecule has 0 radical (unpaired) electrons. The molecule has 1 N–H and O–H groups in total. The van der Waals surface area contributed by atoms with Gasteiger partial charge in [-0.25, -0.2) is 0 Å². The van der Waals surface area contributed by atoms with Gasteiger partial charge in [0.2, 0.25) is 6.79 Å². The second-order valence-electron chi connectivity index (χ2n) is 3.14. The lowest BCUT2D eigenvalue weighted by atomic mass is 10.2. The average molecular weight is 214 g/mol. The molecule has 0 saturated heterocycles. The zero-order chi connectivity index (χ0) is 9.97. The predicted octanol–water partition coefficient (Wildman–Crippen LogP) is 2.37. The fourth-order valence-electron chi connectivity index (χ4n) is 1.42. The topological polar surface area (TPSA) is 30.5 Å². The molecule has 0 saturated carbocycles. The Balaban J connectivity index is 2.23. The summed E-state index contributed by atoms with van der Waals surface area (Å²) in [4.78, 5) is 0. The SMILES string of the molecule is Cc1cc2c(cc1NCCCl)OCO2. The summed E-state index contributed by atoms with van der Waals surface area (Å²) in [6.45, 7) is 3.09. The van der Waals surface area contributed by atoms with Crippen molar-refractivity contribution in [3.8, 4) is 11.5 Å². The van der Waals surface area contributed by atoms with E-state index < -0.39 is 0 Å². The summed E-state index contributed by atoms with van der Waals surface area (Å²) in [5.74, 6) is 2.21. The second-order valence-corrected chi connectivity index (χ2v) is 3.51. The molecule has 0 amide bonds. The number of benzene rings is 1. The quantitative estimate of drug-likeness (QED) is 0.782. The van der Waals surface area contributed by atoms with E-state index in [2.05, 4.69) is 5.32 Å². The maximum atomic E-state index is 5.60. The standard InChI is InChI=1S/C10H12ClNO2/c1-7-4-9-10(14-6-13-9)5-8(7)12-3-2-11/h4-5,12H,2-3,6H2,1H3. The van der Waals surface area contributed by atoms with Crippen LogP contribution in [0, 0.1) is 6.92 Å². The average Bonchev–Trinajstić information content (AvgIpc) is 2.61. The van der Waals surface area contributed by atoms with Gasteiger partial charge in [0.15, 0.2) is 11.5 Å². The lowest BCUT2D eigenvalue weighted by molar-refractivity contribution is 0.174. The Kier molecular flexibility index (Phi) is 2.68. The molecule has 1 aliphatic rings. The van der Waals surface area contributed by atoms with Gasteiger partial charge in [0.25, 0.3) is 0 Å². The van der Waals surface area contributed by atoms with Crippen LogP contribution in [0.2, 0.25) is 0 Å². The number of rotatable bonds is 3. The molecule has 0 atom stereocenters. The number of fused-ring (bicyclic) bond motifs is 1. The molecule has 0 spiro atoms. The fraction of sp³-hybridized carbons (Fsp3) is 0.400. The Morgan fingerprint density at radius 2 is 2.07 bits per heavy atom. The van der Waals surface area contributed by atoms with Crippen LogP contribution in [0.5, 0.6) is 11.5 Å². The zero-order valence-electron chi connectivity index (χ0n) is 7.97. The van der Waals surface area contributed by atoms with Crippen molar-refractivity contribution in [3.63, 3.8) is 0 Å². The predicted molar refractivity (Wildman–Crippen MR) is 56.5 cm³/mol. The van der Waals surface area contributed by atoms with Crippen molar-refractivity contribution >= 4 is 17.3 Å². The van der Waals surface area contributed by atoms with Gasteiger partial charge in [0.05, 0.1) is 0 Å². The molecule has 1 heterocycles. The van der Waals surface area contributed by atoms with E-state index in [1.807, 2.05) is 19.1 Å². The van der Waals surface area contributed by atoms with Crippen molar-refractivity contribution < 1.29 is 9.47 Å². The van der Waals surface area contributed by atoms with Crippen molar-refractivity contribution in [2.45, 2.75) is 6.92 Å². The van der Waals surface area contributed by atoms with E-state index in [1.54, 1.807) is 0 Å². The summed E-state index contributed by atoms with van der Waals surface area (Å²) in [5, 5.41) is 3.22. The summed E-state index contributed by atoms with van der Waals surface area (Å²) >= 11 is 5.60. The van der Waals surface area contributed by atoms with E-state index in [9.17, 15) is 0 Å². The lowest BCUT2D eigenvalue weighted by Gasteiger charge is -2.08. The first-order valence-corrected chi connectivity index (χ1v) is 5.05. The summed E-state index contributed by atoms with van der Waals surface area (Å²) < 4.78 is 10.5. The number of alkyl halides is 1. The van der Waals surface area contributed by atoms with Crippen molar-refractivity contribution in [1.29, 1.82) is 0 Å². The molecule has 0 unspecified atom stereocenters. The molecule has 76 valence electrons. The second kappa shape index (κ2) is 3.96. The van der Waals surface area contributed by atoms with Gasteiger partial charge in [-0.05, 0) is 18.6 Å². The maximum absolute atomic E-state index is 5.60. The molecular formula is C10H12ClNO2. The van der Waals surface area contributed by atoms with Gasteiger partial charge < -0.3 is 14.8 Å². The van der Waals surface area contributed by atoms with Crippen LogP contribution in [0.15, 0.2) is 12.1 Å². The van der Waals surface area contributed by atoms with E-state index in [-0.39, 0.29) is 0 Å². The summed E-state index contributed by atoms with van der Waals surface area (Å²) in [7, 11) is 0. The van der Waals surface area contributed by atoms with Crippen LogP contribution < -0.4 is 14.8 Å². The third-order valence-electron chi connectivity index (χ3n) is 2.13. The van der Waals surface area contributed by atoms with E-state index in [1.165, 1.54) is 0 Å². The molecule has 4 heteroatoms. The number of aryl methyl sites for hydroxylation is 1. The highest BCUT2D eigenvalue weighted by Crippen LogP contribution is 2.36. The molecule has 0 bridgehead atoms. The third kappa shape index (κ3) is 1.73. The number of hydrogen-bond donors (Lipinski definition) is 1. The first-order valence-electron chi connectivity index (χ1n) is 4.51. The highest BCUT2D eigenvalue weighted by Gasteiger charge is 2.15. The van der Waals surface area contributed by atoms with Crippen molar-refractivity contribution in [1.82, 2.24) is 0 Å². The van der Waals surface area contributed by atoms with Crippen molar-refractivity contribution in [2.75, 3.05) is 24.5 Å². The van der Waals surface area contributed by atoms with Gasteiger partial charge in [0, 0.05) is 24.2 Å². The van der Waals surface area contributed by atoms with Crippen LogP contribution in [-0.4, -0.2) is 19.2 Å². The van der Waals surface area contributed by atoms with Gasteiger partial charge in [-0.2, -0.15) is 0 Å². The monoisotopic (exact) mass is 213 g/mol. The van der Waals surface area contributed by atoms with E-state index >= 15 is 0 Å². The van der Waals surface area contributed by atoms with Crippen LogP contribution in [-0.2, 0) is 0 Å². The van der Waals surface area contributed by atoms with E-state index in [4.69, 9.17) is 21.1 Å². The van der Waals surface area contributed by atoms with Gasteiger partial charge in [-0.1, -0.05) is 0 Å². The van der Waals surface area contributed by atoms with Crippen molar-refractivity contribution in [2.24, 2.45) is 0 Å². The van der Waals surface area contributed by atoms with Crippen LogP contribution in [0.3, 0.4) is 0 Å². The van der Waals surface area contributed by atoms with E-state index in [0.29, 0.717) is 12.7 Å². The minimum Gasteiger partial charge on any atom is -0.454 e. The summed E-state index contributed by atoms with van der Waals surface area (Å²) in [6, 6.07) is 3.92. The van der Waals surface area contributed by atoms with Crippen molar-refractivity contribution in [3.05, 3.63) is 17.7 Å². The minimum absolute atomic E-state index is 0.313. The maximum Gasteiger partial charge on any atom is 0.231 e. The lowest BCUT2D eigenvalue weighted by Crippen LogP contribution is -2.03. The molecule has 1 aromatic rings. The van der Waals surface area contributed by atoms with Crippen LogP contribution in [0.1, 0.15) is 5.56 Å². The minimum atomic E-state index is 0.313. The highest BCUT2D eigenvalue weighted by molar-refractivity contribution is 6.18.